The van der Waals surface area contributed by atoms with E-state index in [0.717, 1.165) is 56.2 Å². The number of hydrogen-bond donors (Lipinski definition) is 1. The van der Waals surface area contributed by atoms with E-state index >= 15 is 0 Å². The highest BCUT2D eigenvalue weighted by molar-refractivity contribution is 7.90. The lowest BCUT2D eigenvalue weighted by atomic mass is 9.91. The molecule has 0 aliphatic carbocycles. The van der Waals surface area contributed by atoms with Crippen molar-refractivity contribution in [2.45, 2.75) is 63.7 Å². The first kappa shape index (κ1) is 29.0. The molecular weight excluding hydrogens is 546 g/mol. The predicted molar refractivity (Wildman–Crippen MR) is 161 cm³/mol. The molecule has 40 heavy (non-hydrogen) atoms. The van der Waals surface area contributed by atoms with Crippen LogP contribution in [0.4, 0.5) is 5.69 Å². The van der Waals surface area contributed by atoms with Gasteiger partial charge >= 0.3 is 0 Å². The van der Waals surface area contributed by atoms with Crippen LogP contribution in [0.1, 0.15) is 67.4 Å². The molecule has 0 aromatic heterocycles. The van der Waals surface area contributed by atoms with Crippen LogP contribution in [-0.4, -0.2) is 63.3 Å². The molecule has 9 heteroatoms. The number of nitrogens with zero attached hydrogens (tertiary/aromatic N) is 2. The number of aryl methyl sites for hydroxylation is 1. The largest absolute Gasteiger partial charge is 0.491 e. The molecule has 0 unspecified atom stereocenters. The van der Waals surface area contributed by atoms with Gasteiger partial charge in [0.25, 0.3) is 5.91 Å². The monoisotopic (exact) mass is 585 g/mol. The summed E-state index contributed by atoms with van der Waals surface area (Å²) >= 11 is 6.37. The third kappa shape index (κ3) is 6.19. The standard InChI is InChI=1S/C31H40ClN3O4S/c1-4-7-23-16-26(32)10-11-28(23)25-18-35-19-27-13-15-34(27)14-6-5-8-21(2)22(3)40(37,38)33-31(36)24-9-12-30(39-20-25)29(35)17-24/h5-6,9-12,16-17,21-22,25,27H,4,7-8,13-15,18-20H2,1-3H3,(H,33,36)/b6-5+/t21-,22+,25-,27-/m0/s1. The molecule has 0 saturated carbocycles. The van der Waals surface area contributed by atoms with Crippen molar-refractivity contribution in [1.29, 1.82) is 0 Å². The van der Waals surface area contributed by atoms with Crippen molar-refractivity contribution in [3.05, 3.63) is 70.3 Å². The fourth-order valence-corrected chi connectivity index (χ4v) is 7.43. The van der Waals surface area contributed by atoms with Crippen LogP contribution in [0.2, 0.25) is 5.02 Å². The molecule has 3 heterocycles. The number of rotatable bonds is 3. The van der Waals surface area contributed by atoms with Crippen LogP contribution < -0.4 is 14.4 Å². The Morgan fingerprint density at radius 1 is 1.10 bits per heavy atom. The molecule has 2 bridgehead atoms. The number of sulfonamides is 1. The van der Waals surface area contributed by atoms with E-state index in [2.05, 4.69) is 45.7 Å². The first-order valence-electron chi connectivity index (χ1n) is 14.4. The molecule has 3 aliphatic heterocycles. The van der Waals surface area contributed by atoms with Crippen LogP contribution in [0.15, 0.2) is 48.6 Å². The van der Waals surface area contributed by atoms with Crippen LogP contribution in [0.3, 0.4) is 0 Å². The van der Waals surface area contributed by atoms with Gasteiger partial charge in [-0.3, -0.25) is 9.69 Å². The van der Waals surface area contributed by atoms with Crippen molar-refractivity contribution >= 4 is 33.2 Å². The summed E-state index contributed by atoms with van der Waals surface area (Å²) in [6.07, 6.45) is 7.94. The van der Waals surface area contributed by atoms with Crippen LogP contribution in [-0.2, 0) is 16.4 Å². The van der Waals surface area contributed by atoms with Gasteiger partial charge in [0.15, 0.2) is 0 Å². The number of fused-ring (bicyclic) bond motifs is 2. The normalized spacial score (nSPS) is 27.9. The lowest BCUT2D eigenvalue weighted by molar-refractivity contribution is 0.0980. The van der Waals surface area contributed by atoms with Crippen molar-refractivity contribution in [3.63, 3.8) is 0 Å². The molecule has 1 amide bonds. The molecule has 7 nitrogen and oxygen atoms in total. The van der Waals surface area contributed by atoms with Crippen LogP contribution in [0.5, 0.6) is 5.75 Å². The van der Waals surface area contributed by atoms with E-state index in [1.165, 1.54) is 11.1 Å². The maximum atomic E-state index is 13.2. The van der Waals surface area contributed by atoms with Gasteiger partial charge in [-0.1, -0.05) is 50.1 Å². The van der Waals surface area contributed by atoms with E-state index in [1.54, 1.807) is 25.1 Å². The van der Waals surface area contributed by atoms with Gasteiger partial charge in [-0.2, -0.15) is 0 Å². The molecule has 2 aromatic rings. The summed E-state index contributed by atoms with van der Waals surface area (Å²) in [5.74, 6) is 0.0884. The van der Waals surface area contributed by atoms with Crippen molar-refractivity contribution in [3.8, 4) is 5.75 Å². The first-order valence-corrected chi connectivity index (χ1v) is 16.3. The van der Waals surface area contributed by atoms with E-state index in [9.17, 15) is 13.2 Å². The number of anilines is 1. The van der Waals surface area contributed by atoms with Crippen molar-refractivity contribution in [2.24, 2.45) is 5.92 Å². The molecule has 0 radical (unpaired) electrons. The topological polar surface area (TPSA) is 79.0 Å². The highest BCUT2D eigenvalue weighted by atomic mass is 35.5. The summed E-state index contributed by atoms with van der Waals surface area (Å²) < 4.78 is 34.8. The number of ether oxygens (including phenoxy) is 1. The smallest absolute Gasteiger partial charge is 0.264 e. The second-order valence-electron chi connectivity index (χ2n) is 11.5. The first-order chi connectivity index (χ1) is 19.2. The Bertz CT molecular complexity index is 1380. The minimum Gasteiger partial charge on any atom is -0.491 e. The minimum absolute atomic E-state index is 0.116. The second-order valence-corrected chi connectivity index (χ2v) is 14.0. The molecular formula is C31H40ClN3O4S. The highest BCUT2D eigenvalue weighted by Gasteiger charge is 2.34. The number of halogens is 1. The Morgan fingerprint density at radius 2 is 1.93 bits per heavy atom. The van der Waals surface area contributed by atoms with Crippen LogP contribution in [0.25, 0.3) is 0 Å². The zero-order chi connectivity index (χ0) is 28.4. The zero-order valence-electron chi connectivity index (χ0n) is 23.6. The molecule has 1 N–H and O–H groups in total. The molecule has 216 valence electrons. The van der Waals surface area contributed by atoms with E-state index in [-0.39, 0.29) is 11.8 Å². The number of carbonyl (C=O) groups is 1. The molecule has 4 atom stereocenters. The maximum absolute atomic E-state index is 13.2. The lowest BCUT2D eigenvalue weighted by Gasteiger charge is -2.44. The Morgan fingerprint density at radius 3 is 2.67 bits per heavy atom. The molecule has 2 aromatic carbocycles. The quantitative estimate of drug-likeness (QED) is 0.486. The summed E-state index contributed by atoms with van der Waals surface area (Å²) in [5, 5.41) is 0.0337. The lowest BCUT2D eigenvalue weighted by Crippen LogP contribution is -2.54. The summed E-state index contributed by atoms with van der Waals surface area (Å²) in [7, 11) is -3.84. The number of allylic oxidation sites excluding steroid dienone is 1. The number of amides is 1. The fourth-order valence-electron chi connectivity index (χ4n) is 5.95. The van der Waals surface area contributed by atoms with E-state index in [1.807, 2.05) is 13.0 Å². The zero-order valence-corrected chi connectivity index (χ0v) is 25.2. The summed E-state index contributed by atoms with van der Waals surface area (Å²) in [6.45, 7) is 9.66. The van der Waals surface area contributed by atoms with E-state index in [0.29, 0.717) is 30.4 Å². The van der Waals surface area contributed by atoms with Gasteiger partial charge in [0.2, 0.25) is 10.0 Å². The molecule has 3 aliphatic rings. The van der Waals surface area contributed by atoms with Gasteiger partial charge in [0.05, 0.1) is 17.5 Å². The Kier molecular flexibility index (Phi) is 8.78. The van der Waals surface area contributed by atoms with Crippen molar-refractivity contribution in [2.75, 3.05) is 37.7 Å². The average molecular weight is 586 g/mol. The third-order valence-corrected chi connectivity index (χ3v) is 10.9. The molecule has 1 saturated heterocycles. The summed E-state index contributed by atoms with van der Waals surface area (Å²) in [6, 6.07) is 11.8. The van der Waals surface area contributed by atoms with E-state index < -0.39 is 21.2 Å². The van der Waals surface area contributed by atoms with Crippen LogP contribution >= 0.6 is 11.6 Å². The van der Waals surface area contributed by atoms with Gasteiger partial charge in [0, 0.05) is 48.7 Å². The Balaban J connectivity index is 1.52. The summed E-state index contributed by atoms with van der Waals surface area (Å²) in [5.41, 5.74) is 3.62. The van der Waals surface area contributed by atoms with E-state index in [4.69, 9.17) is 16.3 Å². The van der Waals surface area contributed by atoms with Gasteiger partial charge in [-0.05, 0) is 73.6 Å². The number of hydrogen-bond acceptors (Lipinski definition) is 6. The Labute approximate surface area is 243 Å². The summed E-state index contributed by atoms with van der Waals surface area (Å²) in [4.78, 5) is 18.0. The van der Waals surface area contributed by atoms with Crippen molar-refractivity contribution < 1.29 is 17.9 Å². The fraction of sp³-hybridized carbons (Fsp3) is 0.516. The van der Waals surface area contributed by atoms with Gasteiger partial charge in [-0.25, -0.2) is 13.1 Å². The number of nitrogens with one attached hydrogen (secondary N) is 1. The number of carbonyl (C=O) groups excluding carboxylic acids is 1. The second kappa shape index (κ2) is 12.1. The molecule has 5 rings (SSSR count). The maximum Gasteiger partial charge on any atom is 0.264 e. The highest BCUT2D eigenvalue weighted by Crippen LogP contribution is 2.38. The van der Waals surface area contributed by atoms with Crippen molar-refractivity contribution in [1.82, 2.24) is 9.62 Å². The van der Waals surface area contributed by atoms with Gasteiger partial charge in [-0.15, -0.1) is 0 Å². The minimum atomic E-state index is -3.84. The predicted octanol–water partition coefficient (Wildman–Crippen LogP) is 5.39. The SMILES string of the molecule is CCCc1cc(Cl)ccc1[C@@H]1COc2ccc3cc2N(C1)C[C@@H]1CCN1C/C=C/C[C@H](C)[C@@H](C)S(=O)(=O)NC3=O. The Hall–Kier alpha value is -2.55. The third-order valence-electron chi connectivity index (χ3n) is 8.74. The molecule has 0 spiro atoms. The van der Waals surface area contributed by atoms with Gasteiger partial charge in [0.1, 0.15) is 5.75 Å². The number of benzene rings is 2. The molecule has 1 fully saturated rings. The van der Waals surface area contributed by atoms with Gasteiger partial charge < -0.3 is 9.64 Å². The average Bonchev–Trinajstić information content (AvgIpc) is 3.09. The van der Waals surface area contributed by atoms with Crippen LogP contribution in [0, 0.1) is 5.92 Å².